The lowest BCUT2D eigenvalue weighted by Crippen LogP contribution is -2.01. The van der Waals surface area contributed by atoms with Crippen molar-refractivity contribution in [3.05, 3.63) is 64.4 Å². The lowest BCUT2D eigenvalue weighted by Gasteiger charge is -2.10. The van der Waals surface area contributed by atoms with Crippen molar-refractivity contribution in [2.75, 3.05) is 13.7 Å². The van der Waals surface area contributed by atoms with E-state index < -0.39 is 0 Å². The molecule has 0 aliphatic carbocycles. The van der Waals surface area contributed by atoms with Gasteiger partial charge in [-0.3, -0.25) is 0 Å². The lowest BCUT2D eigenvalue weighted by molar-refractivity contribution is 0.294. The molecule has 0 radical (unpaired) electrons. The van der Waals surface area contributed by atoms with Crippen molar-refractivity contribution >= 4 is 29.6 Å². The monoisotopic (exact) mass is 458 g/mol. The molecule has 0 saturated carbocycles. The van der Waals surface area contributed by atoms with Crippen LogP contribution >= 0.6 is 23.4 Å². The second-order valence-corrected chi connectivity index (χ2v) is 8.26. The van der Waals surface area contributed by atoms with E-state index in [0.29, 0.717) is 12.4 Å². The average Bonchev–Trinajstić information content (AvgIpc) is 3.17. The number of ether oxygens (including phenoxy) is 2. The molecule has 2 aromatic carbocycles. The molecule has 0 unspecified atom stereocenters. The highest BCUT2D eigenvalue weighted by atomic mass is 35.5. The van der Waals surface area contributed by atoms with Crippen LogP contribution in [0.5, 0.6) is 11.5 Å². The quantitative estimate of drug-likeness (QED) is 0.266. The van der Waals surface area contributed by atoms with Gasteiger partial charge in [0.05, 0.1) is 19.9 Å². The van der Waals surface area contributed by atoms with Gasteiger partial charge in [0.25, 0.3) is 0 Å². The Hall–Kier alpha value is -2.51. The van der Waals surface area contributed by atoms with Crippen molar-refractivity contribution in [3.8, 4) is 11.5 Å². The van der Waals surface area contributed by atoms with Crippen LogP contribution < -0.4 is 9.47 Å². The van der Waals surface area contributed by atoms with E-state index >= 15 is 0 Å². The highest BCUT2D eigenvalue weighted by Gasteiger charge is 2.12. The number of hydrogen-bond donors (Lipinski definition) is 0. The molecule has 0 amide bonds. The van der Waals surface area contributed by atoms with Crippen LogP contribution in [0, 0.1) is 0 Å². The zero-order valence-electron chi connectivity index (χ0n) is 18.0. The summed E-state index contributed by atoms with van der Waals surface area (Å²) in [4.78, 5) is 0. The van der Waals surface area contributed by atoms with E-state index in [-0.39, 0.29) is 0 Å². The van der Waals surface area contributed by atoms with Gasteiger partial charge in [-0.15, -0.1) is 10.2 Å². The topological polar surface area (TPSA) is 61.5 Å². The number of methoxy groups -OCH3 is 1. The molecule has 0 fully saturated rings. The first-order valence-electron chi connectivity index (χ1n) is 10.3. The van der Waals surface area contributed by atoms with Gasteiger partial charge in [-0.05, 0) is 54.3 Å². The Kier molecular flexibility index (Phi) is 8.79. The molecule has 0 N–H and O–H groups in total. The standard InChI is InChI=1S/C23H27ClN4O2S/c1-4-6-22-26-27-23(31-16-17-7-10-19(24)11-8-17)28(22)25-15-18-9-12-20(30-13-5-2)21(14-18)29-3/h7-12,14-15H,4-6,13,16H2,1-3H3/b25-15+. The van der Waals surface area contributed by atoms with Crippen LogP contribution in [-0.2, 0) is 12.2 Å². The maximum atomic E-state index is 5.98. The molecule has 0 spiro atoms. The van der Waals surface area contributed by atoms with E-state index in [1.54, 1.807) is 25.1 Å². The Morgan fingerprint density at radius 2 is 1.87 bits per heavy atom. The molecule has 0 aliphatic heterocycles. The third-order valence-corrected chi connectivity index (χ3v) is 5.65. The zero-order valence-corrected chi connectivity index (χ0v) is 19.6. The lowest BCUT2D eigenvalue weighted by atomic mass is 10.2. The van der Waals surface area contributed by atoms with Crippen LogP contribution in [-0.4, -0.2) is 34.8 Å². The molecule has 31 heavy (non-hydrogen) atoms. The number of benzene rings is 2. The molecule has 8 heteroatoms. The van der Waals surface area contributed by atoms with Gasteiger partial charge >= 0.3 is 0 Å². The molecule has 0 saturated heterocycles. The van der Waals surface area contributed by atoms with Gasteiger partial charge in [-0.25, -0.2) is 0 Å². The molecule has 3 rings (SSSR count). The first kappa shape index (κ1) is 23.2. The van der Waals surface area contributed by atoms with E-state index in [2.05, 4.69) is 29.1 Å². The summed E-state index contributed by atoms with van der Waals surface area (Å²) in [6, 6.07) is 13.6. The highest BCUT2D eigenvalue weighted by molar-refractivity contribution is 7.98. The van der Waals surface area contributed by atoms with Crippen molar-refractivity contribution in [2.24, 2.45) is 5.10 Å². The summed E-state index contributed by atoms with van der Waals surface area (Å²) in [5, 5.41) is 14.9. The maximum Gasteiger partial charge on any atom is 0.212 e. The van der Waals surface area contributed by atoms with Crippen LogP contribution in [0.25, 0.3) is 0 Å². The highest BCUT2D eigenvalue weighted by Crippen LogP contribution is 2.28. The summed E-state index contributed by atoms with van der Waals surface area (Å²) in [7, 11) is 1.64. The number of halogens is 1. The minimum Gasteiger partial charge on any atom is -0.493 e. The Morgan fingerprint density at radius 1 is 1.06 bits per heavy atom. The predicted molar refractivity (Wildman–Crippen MR) is 127 cm³/mol. The summed E-state index contributed by atoms with van der Waals surface area (Å²) in [6.45, 7) is 4.84. The molecular weight excluding hydrogens is 432 g/mol. The molecule has 1 heterocycles. The average molecular weight is 459 g/mol. The van der Waals surface area contributed by atoms with Gasteiger partial charge in [0.2, 0.25) is 5.16 Å². The second kappa shape index (κ2) is 11.8. The smallest absolute Gasteiger partial charge is 0.212 e. The van der Waals surface area contributed by atoms with Crippen molar-refractivity contribution in [3.63, 3.8) is 0 Å². The summed E-state index contributed by atoms with van der Waals surface area (Å²) >= 11 is 7.57. The molecular formula is C23H27ClN4O2S. The van der Waals surface area contributed by atoms with Crippen LogP contribution in [0.3, 0.4) is 0 Å². The summed E-state index contributed by atoms with van der Waals surface area (Å²) < 4.78 is 13.0. The first-order chi connectivity index (χ1) is 15.1. The van der Waals surface area contributed by atoms with Crippen LogP contribution in [0.15, 0.2) is 52.7 Å². The fourth-order valence-corrected chi connectivity index (χ4v) is 3.82. The van der Waals surface area contributed by atoms with Crippen LogP contribution in [0.2, 0.25) is 5.02 Å². The largest absolute Gasteiger partial charge is 0.493 e. The van der Waals surface area contributed by atoms with Gasteiger partial charge in [-0.2, -0.15) is 9.78 Å². The Balaban J connectivity index is 1.79. The first-order valence-corrected chi connectivity index (χ1v) is 11.7. The van der Waals surface area contributed by atoms with Crippen molar-refractivity contribution < 1.29 is 9.47 Å². The molecule has 0 atom stereocenters. The number of thioether (sulfide) groups is 1. The number of aromatic nitrogens is 3. The minimum absolute atomic E-state index is 0.652. The third-order valence-electron chi connectivity index (χ3n) is 4.40. The number of rotatable bonds is 11. The van der Waals surface area contributed by atoms with Crippen molar-refractivity contribution in [2.45, 2.75) is 44.0 Å². The van der Waals surface area contributed by atoms with E-state index in [1.807, 2.05) is 47.1 Å². The third kappa shape index (κ3) is 6.48. The van der Waals surface area contributed by atoms with Gasteiger partial charge < -0.3 is 9.47 Å². The Labute approximate surface area is 192 Å². The fourth-order valence-electron chi connectivity index (χ4n) is 2.83. The number of nitrogens with zero attached hydrogens (tertiary/aromatic N) is 4. The van der Waals surface area contributed by atoms with E-state index in [9.17, 15) is 0 Å². The maximum absolute atomic E-state index is 5.98. The summed E-state index contributed by atoms with van der Waals surface area (Å²) in [6.07, 6.45) is 4.50. The Morgan fingerprint density at radius 3 is 2.58 bits per heavy atom. The summed E-state index contributed by atoms with van der Waals surface area (Å²) in [5.74, 6) is 3.02. The fraction of sp³-hybridized carbons (Fsp3) is 0.348. The SMILES string of the molecule is CCCOc1ccc(/C=N/n2c(CCC)nnc2SCc2ccc(Cl)cc2)cc1OC. The number of aryl methyl sites for hydroxylation is 1. The van der Waals surface area contributed by atoms with Gasteiger partial charge in [0, 0.05) is 17.2 Å². The molecule has 0 bridgehead atoms. The van der Waals surface area contributed by atoms with E-state index in [0.717, 1.165) is 57.9 Å². The zero-order chi connectivity index (χ0) is 22.1. The molecule has 3 aromatic rings. The van der Waals surface area contributed by atoms with Gasteiger partial charge in [0.1, 0.15) is 0 Å². The van der Waals surface area contributed by atoms with E-state index in [4.69, 9.17) is 21.1 Å². The Bertz CT molecular complexity index is 1010. The van der Waals surface area contributed by atoms with Crippen LogP contribution in [0.4, 0.5) is 0 Å². The van der Waals surface area contributed by atoms with Crippen molar-refractivity contribution in [1.29, 1.82) is 0 Å². The molecule has 6 nitrogen and oxygen atoms in total. The number of hydrogen-bond acceptors (Lipinski definition) is 6. The van der Waals surface area contributed by atoms with Gasteiger partial charge in [-0.1, -0.05) is 49.3 Å². The van der Waals surface area contributed by atoms with E-state index in [1.165, 1.54) is 0 Å². The predicted octanol–water partition coefficient (Wildman–Crippen LogP) is 5.86. The normalized spacial score (nSPS) is 11.2. The summed E-state index contributed by atoms with van der Waals surface area (Å²) in [5.41, 5.74) is 2.07. The molecule has 164 valence electrons. The van der Waals surface area contributed by atoms with Gasteiger partial charge in [0.15, 0.2) is 17.3 Å². The minimum atomic E-state index is 0.652. The van der Waals surface area contributed by atoms with Crippen LogP contribution in [0.1, 0.15) is 43.6 Å². The molecule has 1 aromatic heterocycles. The second-order valence-electron chi connectivity index (χ2n) is 6.88. The van der Waals surface area contributed by atoms with Crippen molar-refractivity contribution in [1.82, 2.24) is 14.9 Å². The molecule has 0 aliphatic rings.